The molecule has 4 fully saturated rings. The summed E-state index contributed by atoms with van der Waals surface area (Å²) in [6.07, 6.45) is 9.63. The molecule has 2 aromatic carbocycles. The molecule has 0 unspecified atom stereocenters. The highest BCUT2D eigenvalue weighted by atomic mass is 35.5. The molecule has 5 heterocycles. The molecule has 8 rings (SSSR count). The predicted molar refractivity (Wildman–Crippen MR) is 194 cm³/mol. The van der Waals surface area contributed by atoms with Gasteiger partial charge in [0.05, 0.1) is 37.7 Å². The van der Waals surface area contributed by atoms with Crippen LogP contribution >= 0.6 is 23.2 Å². The number of fused-ring (bicyclic) bond motifs is 3. The molecule has 3 saturated heterocycles. The number of halogens is 2. The van der Waals surface area contributed by atoms with Crippen LogP contribution in [0.4, 0.5) is 10.5 Å². The average Bonchev–Trinajstić information content (AvgIpc) is 3.98. The lowest BCUT2D eigenvalue weighted by Crippen LogP contribution is -2.53. The molecule has 0 radical (unpaired) electrons. The molecule has 2 N–H and O–H groups in total. The maximum Gasteiger partial charge on any atom is 0.414 e. The summed E-state index contributed by atoms with van der Waals surface area (Å²) in [5.74, 6) is 0.200. The summed E-state index contributed by atoms with van der Waals surface area (Å²) in [7, 11) is 1.58. The minimum Gasteiger partial charge on any atom is -0.493 e. The Morgan fingerprint density at radius 1 is 1.04 bits per heavy atom. The van der Waals surface area contributed by atoms with E-state index >= 15 is 0 Å². The minimum atomic E-state index is -1.12. The van der Waals surface area contributed by atoms with Crippen LogP contribution in [0.5, 0.6) is 11.5 Å². The van der Waals surface area contributed by atoms with Gasteiger partial charge in [-0.3, -0.25) is 20.0 Å². The van der Waals surface area contributed by atoms with E-state index in [4.69, 9.17) is 37.4 Å². The topological polar surface area (TPSA) is 126 Å². The Morgan fingerprint density at radius 2 is 1.81 bits per heavy atom. The van der Waals surface area contributed by atoms with E-state index in [1.807, 2.05) is 18.2 Å². The van der Waals surface area contributed by atoms with Crippen molar-refractivity contribution in [1.29, 1.82) is 0 Å². The number of ether oxygens (including phenoxy) is 3. The van der Waals surface area contributed by atoms with Crippen LogP contribution in [0.1, 0.15) is 64.2 Å². The van der Waals surface area contributed by atoms with Crippen LogP contribution in [0.2, 0.25) is 10.0 Å². The number of pyridine rings is 2. The molecule has 2 aromatic heterocycles. The highest BCUT2D eigenvalue weighted by molar-refractivity contribution is 6.35. The molecule has 2 bridgehead atoms. The number of carboxylic acid groups (broad SMARTS) is 1. The number of methoxy groups -OCH3 is 1. The molecule has 13 heteroatoms. The van der Waals surface area contributed by atoms with Crippen molar-refractivity contribution in [2.45, 2.75) is 50.7 Å². The molecular weight excluding hydrogens is 707 g/mol. The van der Waals surface area contributed by atoms with Gasteiger partial charge >= 0.3 is 12.1 Å². The second kappa shape index (κ2) is 15.6. The quantitative estimate of drug-likeness (QED) is 0.110. The van der Waals surface area contributed by atoms with E-state index in [9.17, 15) is 19.9 Å². The van der Waals surface area contributed by atoms with Crippen molar-refractivity contribution in [1.82, 2.24) is 9.88 Å². The molecule has 1 saturated carbocycles. The van der Waals surface area contributed by atoms with Gasteiger partial charge in [-0.25, -0.2) is 9.59 Å². The molecule has 52 heavy (non-hydrogen) atoms. The first-order valence-electron chi connectivity index (χ1n) is 17.5. The molecule has 4 aromatic rings. The number of carbonyl (C=O) groups excluding carboxylic acids is 1. The van der Waals surface area contributed by atoms with Crippen LogP contribution in [-0.4, -0.2) is 71.7 Å². The number of anilines is 1. The van der Waals surface area contributed by atoms with Gasteiger partial charge in [-0.15, -0.1) is 0 Å². The first kappa shape index (κ1) is 35.8. The van der Waals surface area contributed by atoms with E-state index in [-0.39, 0.29) is 34.7 Å². The van der Waals surface area contributed by atoms with Gasteiger partial charge in [0, 0.05) is 29.0 Å². The van der Waals surface area contributed by atoms with Crippen LogP contribution in [0.3, 0.4) is 0 Å². The summed E-state index contributed by atoms with van der Waals surface area (Å²) >= 11 is 13.3. The van der Waals surface area contributed by atoms with Gasteiger partial charge in [-0.2, -0.15) is 0 Å². The van der Waals surface area contributed by atoms with Crippen LogP contribution in [0.15, 0.2) is 73.3 Å². The fourth-order valence-electron chi connectivity index (χ4n) is 7.25. The average molecular weight is 749 g/mol. The Morgan fingerprint density at radius 3 is 2.44 bits per heavy atom. The third kappa shape index (κ3) is 8.06. The van der Waals surface area contributed by atoms with E-state index in [0.29, 0.717) is 58.9 Å². The number of hydrogen-bond acceptors (Lipinski definition) is 8. The number of aromatic nitrogens is 2. The molecular formula is C39H41Cl2N4O7+. The van der Waals surface area contributed by atoms with E-state index in [1.54, 1.807) is 54.7 Å². The molecule has 3 aliphatic heterocycles. The van der Waals surface area contributed by atoms with Crippen molar-refractivity contribution < 1.29 is 38.8 Å². The fourth-order valence-corrected chi connectivity index (χ4v) is 7.86. The van der Waals surface area contributed by atoms with Crippen molar-refractivity contribution in [2.24, 2.45) is 11.8 Å². The Balaban J connectivity index is 1.28. The number of benzene rings is 2. The lowest BCUT2D eigenvalue weighted by molar-refractivity contribution is -0.904. The van der Waals surface area contributed by atoms with Gasteiger partial charge in [0.15, 0.2) is 11.5 Å². The standard InChI is InChI=1S/C39H40Cl2N4O7/c1-50-35-9-7-27(16-36(35)51-23-24-4-5-24)30(17-32-33(40)20-44(49)21-34(32)41)31-15-25(6-8-29(31)38(46)47)19-45(28-3-2-12-42-18-28)39(48)52-37-22-43-13-10-26(37)11-14-43/h2-3,6-9,12,15-16,18,20-21,24,26,30,37H,4-5,10-11,13-14,17,19,22-23H2,1H3,(H-,46,47,49)/p+1/t30-,37-/m0/s1. The highest BCUT2D eigenvalue weighted by Gasteiger charge is 2.38. The fraction of sp³-hybridized carbons (Fsp3) is 0.385. The lowest BCUT2D eigenvalue weighted by atomic mass is 9.82. The second-order valence-corrected chi connectivity index (χ2v) is 14.6. The summed E-state index contributed by atoms with van der Waals surface area (Å²) < 4.78 is 18.8. The molecule has 2 atom stereocenters. The molecule has 1 amide bonds. The largest absolute Gasteiger partial charge is 0.493 e. The second-order valence-electron chi connectivity index (χ2n) is 13.8. The maximum absolute atomic E-state index is 13.9. The number of carboxylic acids is 1. The Hall–Kier alpha value is -4.58. The predicted octanol–water partition coefficient (Wildman–Crippen LogP) is 7.02. The molecule has 0 spiro atoms. The summed E-state index contributed by atoms with van der Waals surface area (Å²) in [5.41, 5.74) is 3.06. The zero-order valence-electron chi connectivity index (χ0n) is 28.8. The zero-order valence-corrected chi connectivity index (χ0v) is 30.3. The van der Waals surface area contributed by atoms with Gasteiger partial charge in [0.25, 0.3) is 0 Å². The van der Waals surface area contributed by atoms with Crippen LogP contribution in [0, 0.1) is 11.8 Å². The van der Waals surface area contributed by atoms with E-state index in [1.165, 1.54) is 12.4 Å². The van der Waals surface area contributed by atoms with Crippen LogP contribution < -0.4 is 19.1 Å². The Kier molecular flexibility index (Phi) is 10.7. The van der Waals surface area contributed by atoms with E-state index in [0.717, 1.165) is 49.1 Å². The van der Waals surface area contributed by atoms with Crippen molar-refractivity contribution in [3.8, 4) is 11.5 Å². The van der Waals surface area contributed by atoms with E-state index < -0.39 is 18.0 Å². The van der Waals surface area contributed by atoms with Crippen molar-refractivity contribution in [3.63, 3.8) is 0 Å². The third-order valence-corrected chi connectivity index (χ3v) is 11.0. The number of aromatic carboxylic acids is 1. The summed E-state index contributed by atoms with van der Waals surface area (Å²) in [6.45, 7) is 3.40. The number of piperidine rings is 3. The maximum atomic E-state index is 13.9. The van der Waals surface area contributed by atoms with Crippen molar-refractivity contribution in [3.05, 3.63) is 111 Å². The Labute approximate surface area is 312 Å². The van der Waals surface area contributed by atoms with E-state index in [2.05, 4.69) is 9.88 Å². The SMILES string of the molecule is COc1ccc([C@H](Cc2c(Cl)c[n+](O)cc2Cl)c2cc(CN(C(=O)O[C@H]3CN4CCC3CC4)c3cccnc3)ccc2C(=O)O)cc1OCC1CC1. The minimum absolute atomic E-state index is 0.0770. The summed E-state index contributed by atoms with van der Waals surface area (Å²) in [4.78, 5) is 34.9. The number of hydrogen-bond donors (Lipinski definition) is 2. The molecule has 272 valence electrons. The van der Waals surface area contributed by atoms with Crippen LogP contribution in [0.25, 0.3) is 0 Å². The number of rotatable bonds is 13. The highest BCUT2D eigenvalue weighted by Crippen LogP contribution is 2.40. The monoisotopic (exact) mass is 747 g/mol. The van der Waals surface area contributed by atoms with Gasteiger partial charge in [-0.05, 0) is 104 Å². The number of amides is 1. The molecule has 4 aliphatic rings. The lowest BCUT2D eigenvalue weighted by Gasteiger charge is -2.44. The zero-order chi connectivity index (χ0) is 36.4. The normalized spacial score (nSPS) is 19.9. The Bertz CT molecular complexity index is 1910. The van der Waals surface area contributed by atoms with Crippen molar-refractivity contribution >= 4 is 41.0 Å². The molecule has 1 aliphatic carbocycles. The van der Waals surface area contributed by atoms with Gasteiger partial charge in [0.1, 0.15) is 16.1 Å². The van der Waals surface area contributed by atoms with Crippen LogP contribution in [-0.2, 0) is 17.7 Å². The smallest absolute Gasteiger partial charge is 0.414 e. The van der Waals surface area contributed by atoms with Crippen molar-refractivity contribution in [2.75, 3.05) is 38.3 Å². The number of nitrogens with zero attached hydrogens (tertiary/aromatic N) is 4. The first-order chi connectivity index (χ1) is 25.2. The first-order valence-corrected chi connectivity index (χ1v) is 18.3. The molecule has 11 nitrogen and oxygen atoms in total. The van der Waals surface area contributed by atoms with Gasteiger partial charge in [-0.1, -0.05) is 41.4 Å². The summed E-state index contributed by atoms with van der Waals surface area (Å²) in [5, 5.41) is 21.0. The van der Waals surface area contributed by atoms with Gasteiger partial charge < -0.3 is 19.3 Å². The third-order valence-electron chi connectivity index (χ3n) is 10.3. The van der Waals surface area contributed by atoms with Gasteiger partial charge in [0.2, 0.25) is 12.4 Å². The number of carbonyl (C=O) groups is 2. The summed E-state index contributed by atoms with van der Waals surface area (Å²) in [6, 6.07) is 14.2.